The molecule has 2 rings (SSSR count). The molecule has 1 aromatic rings. The number of hydrogen-bond acceptors (Lipinski definition) is 2. The van der Waals surface area contributed by atoms with Crippen molar-refractivity contribution in [1.82, 2.24) is 0 Å². The standard InChI is InChI=1S/C13H19NOS/c1-10-6-8-11(9-7-10)16(15)13-5-3-2-4-12(13)14/h2-5,10-11H,6-9,14H2,1H3. The van der Waals surface area contributed by atoms with Gasteiger partial charge in [0.15, 0.2) is 0 Å². The largest absolute Gasteiger partial charge is 0.398 e. The van der Waals surface area contributed by atoms with Crippen molar-refractivity contribution < 1.29 is 4.21 Å². The van der Waals surface area contributed by atoms with Crippen molar-refractivity contribution in [3.8, 4) is 0 Å². The number of para-hydroxylation sites is 1. The molecule has 1 saturated carbocycles. The van der Waals surface area contributed by atoms with E-state index in [1.54, 1.807) is 0 Å². The molecule has 3 heteroatoms. The molecule has 2 nitrogen and oxygen atoms in total. The van der Waals surface area contributed by atoms with Crippen LogP contribution in [0.15, 0.2) is 29.2 Å². The van der Waals surface area contributed by atoms with E-state index in [0.717, 1.165) is 23.7 Å². The molecule has 1 fully saturated rings. The van der Waals surface area contributed by atoms with Crippen LogP contribution in [-0.2, 0) is 10.8 Å². The van der Waals surface area contributed by atoms with E-state index in [1.165, 1.54) is 12.8 Å². The van der Waals surface area contributed by atoms with E-state index in [9.17, 15) is 4.21 Å². The summed E-state index contributed by atoms with van der Waals surface area (Å²) in [6.45, 7) is 2.27. The van der Waals surface area contributed by atoms with Gasteiger partial charge in [0, 0.05) is 10.9 Å². The van der Waals surface area contributed by atoms with Crippen LogP contribution in [0, 0.1) is 5.92 Å². The third-order valence-corrected chi connectivity index (χ3v) is 5.28. The third-order valence-electron chi connectivity index (χ3n) is 3.40. The van der Waals surface area contributed by atoms with Gasteiger partial charge >= 0.3 is 0 Å². The van der Waals surface area contributed by atoms with E-state index in [-0.39, 0.29) is 0 Å². The van der Waals surface area contributed by atoms with Crippen LogP contribution in [0.2, 0.25) is 0 Å². The maximum Gasteiger partial charge on any atom is 0.0620 e. The summed E-state index contributed by atoms with van der Waals surface area (Å²) in [5.74, 6) is 0.793. The molecule has 0 saturated heterocycles. The van der Waals surface area contributed by atoms with Gasteiger partial charge in [0.2, 0.25) is 0 Å². The second kappa shape index (κ2) is 5.00. The summed E-state index contributed by atoms with van der Waals surface area (Å²) in [4.78, 5) is 0.821. The Hall–Kier alpha value is -0.830. The minimum Gasteiger partial charge on any atom is -0.398 e. The first kappa shape index (κ1) is 11.6. The van der Waals surface area contributed by atoms with Crippen LogP contribution in [-0.4, -0.2) is 9.46 Å². The van der Waals surface area contributed by atoms with Crippen molar-refractivity contribution in [2.24, 2.45) is 5.92 Å². The molecule has 0 aliphatic heterocycles. The van der Waals surface area contributed by atoms with E-state index >= 15 is 0 Å². The van der Waals surface area contributed by atoms with Crippen molar-refractivity contribution >= 4 is 16.5 Å². The Morgan fingerprint density at radius 3 is 2.44 bits per heavy atom. The minimum absolute atomic E-state index is 0.306. The van der Waals surface area contributed by atoms with Crippen molar-refractivity contribution in [3.05, 3.63) is 24.3 Å². The molecule has 16 heavy (non-hydrogen) atoms. The molecule has 1 aliphatic rings. The fourth-order valence-corrected chi connectivity index (χ4v) is 3.86. The average Bonchev–Trinajstić information content (AvgIpc) is 2.30. The Labute approximate surface area is 99.7 Å². The highest BCUT2D eigenvalue weighted by Gasteiger charge is 2.24. The smallest absolute Gasteiger partial charge is 0.0620 e. The maximum absolute atomic E-state index is 12.4. The van der Waals surface area contributed by atoms with Crippen molar-refractivity contribution in [3.63, 3.8) is 0 Å². The first-order valence-corrected chi connectivity index (χ1v) is 7.15. The average molecular weight is 237 g/mol. The van der Waals surface area contributed by atoms with Gasteiger partial charge in [-0.15, -0.1) is 0 Å². The first-order valence-electron chi connectivity index (χ1n) is 5.93. The summed E-state index contributed by atoms with van der Waals surface area (Å²) in [6, 6.07) is 7.52. The van der Waals surface area contributed by atoms with Crippen LogP contribution >= 0.6 is 0 Å². The van der Waals surface area contributed by atoms with Gasteiger partial charge in [0.1, 0.15) is 0 Å². The summed E-state index contributed by atoms with van der Waals surface area (Å²) in [6.07, 6.45) is 4.54. The number of nitrogen functional groups attached to an aromatic ring is 1. The summed E-state index contributed by atoms with van der Waals surface area (Å²) in [7, 11) is -0.921. The molecular weight excluding hydrogens is 218 g/mol. The van der Waals surface area contributed by atoms with Gasteiger partial charge in [0.05, 0.1) is 15.7 Å². The Morgan fingerprint density at radius 2 is 1.81 bits per heavy atom. The monoisotopic (exact) mass is 237 g/mol. The van der Waals surface area contributed by atoms with E-state index in [2.05, 4.69) is 6.92 Å². The zero-order valence-corrected chi connectivity index (χ0v) is 10.5. The number of rotatable bonds is 2. The van der Waals surface area contributed by atoms with Crippen molar-refractivity contribution in [2.45, 2.75) is 42.8 Å². The zero-order chi connectivity index (χ0) is 11.5. The first-order chi connectivity index (χ1) is 7.68. The van der Waals surface area contributed by atoms with Gasteiger partial charge in [-0.25, -0.2) is 0 Å². The topological polar surface area (TPSA) is 43.1 Å². The normalized spacial score (nSPS) is 27.6. The second-order valence-corrected chi connectivity index (χ2v) is 6.42. The number of nitrogens with two attached hydrogens (primary N) is 1. The SMILES string of the molecule is CC1CCC(S(=O)c2ccccc2N)CC1. The minimum atomic E-state index is -0.921. The predicted octanol–water partition coefficient (Wildman–Crippen LogP) is 2.96. The summed E-state index contributed by atoms with van der Waals surface area (Å²) in [5, 5.41) is 0.306. The van der Waals surface area contributed by atoms with Crippen LogP contribution in [0.4, 0.5) is 5.69 Å². The van der Waals surface area contributed by atoms with Gasteiger partial charge in [0.25, 0.3) is 0 Å². The molecule has 1 aliphatic carbocycles. The Balaban J connectivity index is 2.11. The molecule has 2 N–H and O–H groups in total. The van der Waals surface area contributed by atoms with Gasteiger partial charge < -0.3 is 5.73 Å². The molecule has 1 unspecified atom stereocenters. The maximum atomic E-state index is 12.4. The van der Waals surface area contributed by atoms with Crippen LogP contribution in [0.25, 0.3) is 0 Å². The molecule has 0 bridgehead atoms. The lowest BCUT2D eigenvalue weighted by Gasteiger charge is -2.25. The van der Waals surface area contributed by atoms with E-state index in [0.29, 0.717) is 10.9 Å². The highest BCUT2D eigenvalue weighted by Crippen LogP contribution is 2.30. The lowest BCUT2D eigenvalue weighted by molar-refractivity contribution is 0.389. The van der Waals surface area contributed by atoms with Crippen molar-refractivity contribution in [2.75, 3.05) is 5.73 Å². The van der Waals surface area contributed by atoms with Crippen LogP contribution in [0.5, 0.6) is 0 Å². The fourth-order valence-electron chi connectivity index (χ4n) is 2.29. The number of benzene rings is 1. The third kappa shape index (κ3) is 2.46. The summed E-state index contributed by atoms with van der Waals surface area (Å²) >= 11 is 0. The second-order valence-electron chi connectivity index (χ2n) is 4.72. The van der Waals surface area contributed by atoms with Crippen LogP contribution in [0.3, 0.4) is 0 Å². The zero-order valence-electron chi connectivity index (χ0n) is 9.69. The Morgan fingerprint density at radius 1 is 1.19 bits per heavy atom. The molecule has 0 spiro atoms. The molecular formula is C13H19NOS. The Kier molecular flexibility index (Phi) is 3.64. The van der Waals surface area contributed by atoms with E-state index in [4.69, 9.17) is 5.73 Å². The van der Waals surface area contributed by atoms with E-state index in [1.807, 2.05) is 24.3 Å². The lowest BCUT2D eigenvalue weighted by atomic mass is 9.91. The number of anilines is 1. The summed E-state index contributed by atoms with van der Waals surface area (Å²) < 4.78 is 12.4. The molecule has 0 heterocycles. The summed E-state index contributed by atoms with van der Waals surface area (Å²) in [5.41, 5.74) is 6.53. The highest BCUT2D eigenvalue weighted by atomic mass is 32.2. The lowest BCUT2D eigenvalue weighted by Crippen LogP contribution is -2.22. The van der Waals surface area contributed by atoms with Crippen LogP contribution < -0.4 is 5.73 Å². The van der Waals surface area contributed by atoms with Crippen LogP contribution in [0.1, 0.15) is 32.6 Å². The molecule has 1 atom stereocenters. The van der Waals surface area contributed by atoms with Crippen molar-refractivity contribution in [1.29, 1.82) is 0 Å². The molecule has 0 aromatic heterocycles. The van der Waals surface area contributed by atoms with Gasteiger partial charge in [-0.1, -0.05) is 19.1 Å². The predicted molar refractivity (Wildman–Crippen MR) is 68.7 cm³/mol. The quantitative estimate of drug-likeness (QED) is 0.804. The molecule has 88 valence electrons. The molecule has 0 radical (unpaired) electrons. The number of hydrogen-bond donors (Lipinski definition) is 1. The molecule has 1 aromatic carbocycles. The van der Waals surface area contributed by atoms with E-state index < -0.39 is 10.8 Å². The van der Waals surface area contributed by atoms with Gasteiger partial charge in [-0.2, -0.15) is 0 Å². The Bertz CT molecular complexity index is 383. The molecule has 0 amide bonds. The fraction of sp³-hybridized carbons (Fsp3) is 0.538. The highest BCUT2D eigenvalue weighted by molar-refractivity contribution is 7.85. The van der Waals surface area contributed by atoms with Gasteiger partial charge in [-0.05, 0) is 43.7 Å². The van der Waals surface area contributed by atoms with Gasteiger partial charge in [-0.3, -0.25) is 4.21 Å².